The Morgan fingerprint density at radius 1 is 1.30 bits per heavy atom. The van der Waals surface area contributed by atoms with Crippen molar-refractivity contribution in [2.75, 3.05) is 18.5 Å². The molecule has 1 aliphatic heterocycles. The molecule has 0 saturated heterocycles. The van der Waals surface area contributed by atoms with E-state index in [1.807, 2.05) is 6.07 Å². The van der Waals surface area contributed by atoms with Crippen molar-refractivity contribution in [2.45, 2.75) is 26.4 Å². The minimum absolute atomic E-state index is 0.642. The van der Waals surface area contributed by atoms with Crippen LogP contribution in [0.15, 0.2) is 21.1 Å². The van der Waals surface area contributed by atoms with E-state index >= 15 is 0 Å². The molecule has 3 nitrogen and oxygen atoms in total. The van der Waals surface area contributed by atoms with Crippen molar-refractivity contribution < 1.29 is 4.74 Å². The predicted octanol–water partition coefficient (Wildman–Crippen LogP) is 4.65. The number of halogens is 2. The van der Waals surface area contributed by atoms with Gasteiger partial charge in [0, 0.05) is 32.9 Å². The lowest BCUT2D eigenvalue weighted by molar-refractivity contribution is 0.110. The summed E-state index contributed by atoms with van der Waals surface area (Å²) in [6.07, 6.45) is 1.97. The van der Waals surface area contributed by atoms with Gasteiger partial charge < -0.3 is 10.1 Å². The first-order valence-electron chi connectivity index (χ1n) is 6.83. The van der Waals surface area contributed by atoms with Gasteiger partial charge in [-0.15, -0.1) is 0 Å². The molecule has 0 aliphatic carbocycles. The van der Waals surface area contributed by atoms with E-state index in [0.717, 1.165) is 51.5 Å². The number of hydrogen-bond acceptors (Lipinski definition) is 3. The number of ether oxygens (including phenoxy) is 1. The van der Waals surface area contributed by atoms with E-state index in [0.29, 0.717) is 6.61 Å². The van der Waals surface area contributed by atoms with Gasteiger partial charge in [0.05, 0.1) is 30.1 Å². The summed E-state index contributed by atoms with van der Waals surface area (Å²) in [6.45, 7) is 4.52. The molecule has 0 unspecified atom stereocenters. The smallest absolute Gasteiger partial charge is 0.0879 e. The second kappa shape index (κ2) is 6.00. The predicted molar refractivity (Wildman–Crippen MR) is 89.3 cm³/mol. The monoisotopic (exact) mass is 398 g/mol. The maximum atomic E-state index is 5.63. The van der Waals surface area contributed by atoms with E-state index in [9.17, 15) is 0 Å². The Balaban J connectivity index is 2.30. The third-order valence-corrected chi connectivity index (χ3v) is 4.81. The molecule has 3 rings (SSSR count). The van der Waals surface area contributed by atoms with Crippen molar-refractivity contribution in [3.63, 3.8) is 0 Å². The number of hydrogen-bond donors (Lipinski definition) is 1. The second-order valence-corrected chi connectivity index (χ2v) is 6.60. The van der Waals surface area contributed by atoms with Crippen LogP contribution < -0.4 is 5.32 Å². The van der Waals surface area contributed by atoms with Crippen LogP contribution in [-0.4, -0.2) is 18.1 Å². The Hall–Kier alpha value is -0.650. The molecule has 1 N–H and O–H groups in total. The SMILES string of the molecule is CCCNc1c2c(nc3c(Br)ccc(Br)c13)CCOC2. The summed E-state index contributed by atoms with van der Waals surface area (Å²) < 4.78 is 7.73. The summed E-state index contributed by atoms with van der Waals surface area (Å²) in [7, 11) is 0. The van der Waals surface area contributed by atoms with Crippen LogP contribution in [0.3, 0.4) is 0 Å². The minimum atomic E-state index is 0.642. The zero-order valence-electron chi connectivity index (χ0n) is 11.3. The van der Waals surface area contributed by atoms with Gasteiger partial charge in [-0.05, 0) is 34.5 Å². The first-order chi connectivity index (χ1) is 9.72. The summed E-state index contributed by atoms with van der Waals surface area (Å²) in [5.74, 6) is 0. The van der Waals surface area contributed by atoms with Crippen LogP contribution in [0.5, 0.6) is 0 Å². The van der Waals surface area contributed by atoms with E-state index in [1.165, 1.54) is 11.3 Å². The maximum absolute atomic E-state index is 5.63. The number of nitrogens with zero attached hydrogens (tertiary/aromatic N) is 1. The zero-order chi connectivity index (χ0) is 14.1. The van der Waals surface area contributed by atoms with E-state index in [4.69, 9.17) is 9.72 Å². The number of rotatable bonds is 3. The van der Waals surface area contributed by atoms with E-state index in [1.54, 1.807) is 0 Å². The summed E-state index contributed by atoms with van der Waals surface area (Å²) in [5.41, 5.74) is 4.54. The maximum Gasteiger partial charge on any atom is 0.0879 e. The van der Waals surface area contributed by atoms with E-state index < -0.39 is 0 Å². The number of fused-ring (bicyclic) bond motifs is 2. The van der Waals surface area contributed by atoms with Crippen molar-refractivity contribution in [3.8, 4) is 0 Å². The van der Waals surface area contributed by atoms with Crippen molar-refractivity contribution in [2.24, 2.45) is 0 Å². The number of pyridine rings is 1. The molecule has 1 aromatic carbocycles. The van der Waals surface area contributed by atoms with Gasteiger partial charge in [-0.1, -0.05) is 22.9 Å². The molecule has 2 aromatic rings. The van der Waals surface area contributed by atoms with Crippen LogP contribution in [0.2, 0.25) is 0 Å². The average molecular weight is 400 g/mol. The molecular formula is C15H16Br2N2O. The summed E-state index contributed by atoms with van der Waals surface area (Å²) in [5, 5.41) is 4.70. The molecule has 20 heavy (non-hydrogen) atoms. The molecular weight excluding hydrogens is 384 g/mol. The van der Waals surface area contributed by atoms with Gasteiger partial charge in [-0.3, -0.25) is 4.98 Å². The van der Waals surface area contributed by atoms with Gasteiger partial charge in [0.25, 0.3) is 0 Å². The normalized spacial score (nSPS) is 14.3. The Bertz CT molecular complexity index is 658. The second-order valence-electron chi connectivity index (χ2n) is 4.89. The van der Waals surface area contributed by atoms with Crippen molar-refractivity contribution >= 4 is 48.5 Å². The molecule has 106 valence electrons. The Morgan fingerprint density at radius 3 is 2.90 bits per heavy atom. The highest BCUT2D eigenvalue weighted by atomic mass is 79.9. The van der Waals surface area contributed by atoms with Crippen molar-refractivity contribution in [1.82, 2.24) is 4.98 Å². The van der Waals surface area contributed by atoms with Gasteiger partial charge >= 0.3 is 0 Å². The van der Waals surface area contributed by atoms with Crippen LogP contribution in [0.4, 0.5) is 5.69 Å². The fraction of sp³-hybridized carbons (Fsp3) is 0.400. The van der Waals surface area contributed by atoms with Crippen molar-refractivity contribution in [1.29, 1.82) is 0 Å². The molecule has 0 atom stereocenters. The quantitative estimate of drug-likeness (QED) is 0.815. The first kappa shape index (κ1) is 14.3. The van der Waals surface area contributed by atoms with Gasteiger partial charge in [-0.2, -0.15) is 0 Å². The third kappa shape index (κ3) is 2.47. The lowest BCUT2D eigenvalue weighted by Crippen LogP contribution is -2.16. The molecule has 0 saturated carbocycles. The van der Waals surface area contributed by atoms with Crippen LogP contribution >= 0.6 is 31.9 Å². The highest BCUT2D eigenvalue weighted by Gasteiger charge is 2.20. The number of anilines is 1. The topological polar surface area (TPSA) is 34.2 Å². The standard InChI is InChI=1S/C15H16Br2N2O/c1-2-6-18-14-9-8-20-7-5-12(9)19-15-11(17)4-3-10(16)13(14)15/h3-4H,2,5-8H2,1H3,(H,18,19). The van der Waals surface area contributed by atoms with Gasteiger partial charge in [0.2, 0.25) is 0 Å². The molecule has 1 aliphatic rings. The van der Waals surface area contributed by atoms with E-state index in [-0.39, 0.29) is 0 Å². The molecule has 0 spiro atoms. The van der Waals surface area contributed by atoms with Gasteiger partial charge in [-0.25, -0.2) is 0 Å². The average Bonchev–Trinajstić information content (AvgIpc) is 2.48. The molecule has 0 amide bonds. The largest absolute Gasteiger partial charge is 0.384 e. The van der Waals surface area contributed by atoms with Crippen LogP contribution in [0, 0.1) is 0 Å². The molecule has 5 heteroatoms. The highest BCUT2D eigenvalue weighted by molar-refractivity contribution is 9.11. The van der Waals surface area contributed by atoms with E-state index in [2.05, 4.69) is 50.2 Å². The zero-order valence-corrected chi connectivity index (χ0v) is 14.5. The lowest BCUT2D eigenvalue weighted by Gasteiger charge is -2.22. The number of aromatic nitrogens is 1. The van der Waals surface area contributed by atoms with Crippen LogP contribution in [0.25, 0.3) is 10.9 Å². The minimum Gasteiger partial charge on any atom is -0.384 e. The molecule has 0 fully saturated rings. The summed E-state index contributed by atoms with van der Waals surface area (Å²) in [6, 6.07) is 4.09. The Kier molecular flexibility index (Phi) is 4.29. The lowest BCUT2D eigenvalue weighted by atomic mass is 10.0. The molecule has 2 heterocycles. The Morgan fingerprint density at radius 2 is 2.10 bits per heavy atom. The summed E-state index contributed by atoms with van der Waals surface area (Å²) >= 11 is 7.28. The fourth-order valence-corrected chi connectivity index (χ4v) is 3.47. The highest BCUT2D eigenvalue weighted by Crippen LogP contribution is 2.38. The third-order valence-electron chi connectivity index (χ3n) is 3.51. The fourth-order valence-electron chi connectivity index (χ4n) is 2.54. The Labute approximate surface area is 135 Å². The molecule has 0 bridgehead atoms. The first-order valence-corrected chi connectivity index (χ1v) is 8.42. The van der Waals surface area contributed by atoms with Gasteiger partial charge in [0.15, 0.2) is 0 Å². The summed E-state index contributed by atoms with van der Waals surface area (Å²) in [4.78, 5) is 4.85. The molecule has 1 aromatic heterocycles. The molecule has 0 radical (unpaired) electrons. The number of benzene rings is 1. The van der Waals surface area contributed by atoms with Crippen LogP contribution in [0.1, 0.15) is 24.6 Å². The van der Waals surface area contributed by atoms with Crippen LogP contribution in [-0.2, 0) is 17.8 Å². The van der Waals surface area contributed by atoms with Gasteiger partial charge in [0.1, 0.15) is 0 Å². The number of nitrogens with one attached hydrogen (secondary N) is 1. The van der Waals surface area contributed by atoms with Crippen molar-refractivity contribution in [3.05, 3.63) is 32.3 Å².